The largest absolute Gasteiger partial charge is 0.379 e. The highest BCUT2D eigenvalue weighted by Crippen LogP contribution is 2.26. The van der Waals surface area contributed by atoms with Crippen molar-refractivity contribution in [2.45, 2.75) is 4.90 Å². The van der Waals surface area contributed by atoms with E-state index < -0.39 is 25.6 Å². The van der Waals surface area contributed by atoms with Crippen molar-refractivity contribution in [3.8, 4) is 5.75 Å². The molecule has 3 aromatic carbocycles. The van der Waals surface area contributed by atoms with E-state index in [0.717, 1.165) is 23.2 Å². The zero-order valence-electron chi connectivity index (χ0n) is 16.6. The van der Waals surface area contributed by atoms with Gasteiger partial charge in [-0.05, 0) is 42.0 Å². The van der Waals surface area contributed by atoms with Crippen LogP contribution in [-0.2, 0) is 10.1 Å². The molecule has 11 heteroatoms. The Morgan fingerprint density at radius 2 is 1.70 bits per heavy atom. The molecule has 0 N–H and O–H groups in total. The second kappa shape index (κ2) is 7.80. The summed E-state index contributed by atoms with van der Waals surface area (Å²) in [5.41, 5.74) is 1.37. The summed E-state index contributed by atoms with van der Waals surface area (Å²) >= 11 is 1.25. The van der Waals surface area contributed by atoms with Crippen molar-refractivity contribution in [1.82, 2.24) is 9.38 Å². The van der Waals surface area contributed by atoms with E-state index in [1.807, 2.05) is 24.3 Å². The number of imidazole rings is 1. The van der Waals surface area contributed by atoms with Gasteiger partial charge in [-0.2, -0.15) is 8.42 Å². The predicted molar refractivity (Wildman–Crippen MR) is 123 cm³/mol. The molecule has 0 saturated carbocycles. The van der Waals surface area contributed by atoms with E-state index in [1.54, 1.807) is 22.6 Å². The Morgan fingerprint density at radius 3 is 2.45 bits per heavy atom. The summed E-state index contributed by atoms with van der Waals surface area (Å²) < 4.78 is 32.2. The maximum atomic E-state index is 12.8. The van der Waals surface area contributed by atoms with Crippen LogP contribution in [0.15, 0.2) is 82.5 Å². The van der Waals surface area contributed by atoms with Gasteiger partial charge in [-0.3, -0.25) is 14.9 Å². The third-order valence-electron chi connectivity index (χ3n) is 4.86. The third kappa shape index (κ3) is 3.73. The first-order chi connectivity index (χ1) is 15.8. The quantitative estimate of drug-likeness (QED) is 0.216. The van der Waals surface area contributed by atoms with Gasteiger partial charge in [0.2, 0.25) is 0 Å². The molecule has 0 unspecified atom stereocenters. The third-order valence-corrected chi connectivity index (χ3v) is 7.12. The summed E-state index contributed by atoms with van der Waals surface area (Å²) in [6, 6.07) is 18.3. The molecule has 5 rings (SSSR count). The van der Waals surface area contributed by atoms with Gasteiger partial charge in [-0.25, -0.2) is 9.38 Å². The molecular weight excluding hydrogens is 466 g/mol. The molecule has 0 radical (unpaired) electrons. The number of nitro groups is 1. The van der Waals surface area contributed by atoms with E-state index in [9.17, 15) is 23.3 Å². The fraction of sp³-hybridized carbons (Fsp3) is 0. The molecule has 0 fully saturated rings. The first-order valence-corrected chi connectivity index (χ1v) is 11.8. The lowest BCUT2D eigenvalue weighted by Crippen LogP contribution is -2.22. The van der Waals surface area contributed by atoms with Gasteiger partial charge in [0.15, 0.2) is 9.86 Å². The standard InChI is InChI=1S/C22H13N3O6S2/c26-21-19(32-22-23-16-5-1-2-6-17(16)24(21)22)13-14-9-11-15(12-10-14)31-33(29,30)20-8-4-3-7-18(20)25(27)28/h1-13H. The summed E-state index contributed by atoms with van der Waals surface area (Å²) in [5.74, 6) is -0.0142. The number of benzene rings is 3. The highest BCUT2D eigenvalue weighted by atomic mass is 32.2. The molecule has 2 heterocycles. The van der Waals surface area contributed by atoms with Crippen molar-refractivity contribution in [3.05, 3.63) is 103 Å². The van der Waals surface area contributed by atoms with Gasteiger partial charge in [-0.15, -0.1) is 0 Å². The Balaban J connectivity index is 1.46. The molecule has 0 aliphatic heterocycles. The lowest BCUT2D eigenvalue weighted by Gasteiger charge is -2.07. The molecule has 9 nitrogen and oxygen atoms in total. The number of hydrogen-bond acceptors (Lipinski definition) is 8. The molecule has 0 aliphatic carbocycles. The number of thiazole rings is 1. The Bertz CT molecular complexity index is 1760. The first-order valence-electron chi connectivity index (χ1n) is 9.53. The van der Waals surface area contributed by atoms with Crippen molar-refractivity contribution >= 4 is 49.2 Å². The lowest BCUT2D eigenvalue weighted by atomic mass is 10.2. The molecule has 0 aliphatic rings. The van der Waals surface area contributed by atoms with Crippen LogP contribution in [0.25, 0.3) is 22.1 Å². The fourth-order valence-corrected chi connectivity index (χ4v) is 5.46. The maximum absolute atomic E-state index is 12.8. The number of aromatic nitrogens is 2. The van der Waals surface area contributed by atoms with Crippen molar-refractivity contribution in [3.63, 3.8) is 0 Å². The fourth-order valence-electron chi connectivity index (χ4n) is 3.37. The minimum Gasteiger partial charge on any atom is -0.379 e. The maximum Gasteiger partial charge on any atom is 0.346 e. The molecule has 164 valence electrons. The number of para-hydroxylation sites is 3. The van der Waals surface area contributed by atoms with E-state index in [0.29, 0.717) is 15.1 Å². The second-order valence-electron chi connectivity index (χ2n) is 6.97. The highest BCUT2D eigenvalue weighted by molar-refractivity contribution is 7.87. The number of nitro benzene ring substituents is 1. The Morgan fingerprint density at radius 1 is 1.00 bits per heavy atom. The van der Waals surface area contributed by atoms with E-state index in [1.165, 1.54) is 35.6 Å². The summed E-state index contributed by atoms with van der Waals surface area (Å²) in [7, 11) is -4.41. The Hall–Kier alpha value is -4.09. The van der Waals surface area contributed by atoms with Crippen LogP contribution >= 0.6 is 11.3 Å². The molecule has 0 saturated heterocycles. The van der Waals surface area contributed by atoms with E-state index in [-0.39, 0.29) is 11.3 Å². The van der Waals surface area contributed by atoms with Crippen LogP contribution < -0.4 is 14.3 Å². The van der Waals surface area contributed by atoms with E-state index in [4.69, 9.17) is 4.18 Å². The van der Waals surface area contributed by atoms with Crippen LogP contribution in [0.3, 0.4) is 0 Å². The van der Waals surface area contributed by atoms with Gasteiger partial charge in [0.1, 0.15) is 5.75 Å². The average molecular weight is 479 g/mol. The Labute approximate surface area is 190 Å². The second-order valence-corrected chi connectivity index (χ2v) is 9.49. The van der Waals surface area contributed by atoms with Crippen LogP contribution in [0.5, 0.6) is 5.75 Å². The minimum absolute atomic E-state index is 0.0142. The first kappa shape index (κ1) is 20.8. The monoisotopic (exact) mass is 479 g/mol. The van der Waals surface area contributed by atoms with Gasteiger partial charge in [0.05, 0.1) is 20.5 Å². The number of fused-ring (bicyclic) bond motifs is 3. The summed E-state index contributed by atoms with van der Waals surface area (Å²) in [6.07, 6.45) is 1.68. The topological polar surface area (TPSA) is 121 Å². The normalized spacial score (nSPS) is 12.4. The molecular formula is C22H13N3O6S2. The number of rotatable bonds is 5. The van der Waals surface area contributed by atoms with Gasteiger partial charge < -0.3 is 4.18 Å². The minimum atomic E-state index is -4.41. The molecule has 33 heavy (non-hydrogen) atoms. The van der Waals surface area contributed by atoms with Crippen LogP contribution in [-0.4, -0.2) is 22.7 Å². The SMILES string of the molecule is O=c1c(=Cc2ccc(OS(=O)(=O)c3ccccc3[N+](=O)[O-])cc2)sc2nc3ccccc3n12. The summed E-state index contributed by atoms with van der Waals surface area (Å²) in [4.78, 5) is 27.7. The lowest BCUT2D eigenvalue weighted by molar-refractivity contribution is -0.387. The van der Waals surface area contributed by atoms with Crippen molar-refractivity contribution in [1.29, 1.82) is 0 Å². The van der Waals surface area contributed by atoms with Gasteiger partial charge >= 0.3 is 10.1 Å². The van der Waals surface area contributed by atoms with Crippen LogP contribution in [0.2, 0.25) is 0 Å². The van der Waals surface area contributed by atoms with E-state index >= 15 is 0 Å². The van der Waals surface area contributed by atoms with Crippen molar-refractivity contribution < 1.29 is 17.5 Å². The summed E-state index contributed by atoms with van der Waals surface area (Å²) in [6.45, 7) is 0. The number of hydrogen-bond donors (Lipinski definition) is 0. The van der Waals surface area contributed by atoms with Gasteiger partial charge in [-0.1, -0.05) is 47.7 Å². The zero-order valence-corrected chi connectivity index (χ0v) is 18.2. The molecule has 0 bridgehead atoms. The van der Waals surface area contributed by atoms with Crippen molar-refractivity contribution in [2.24, 2.45) is 0 Å². The van der Waals surface area contributed by atoms with Crippen molar-refractivity contribution in [2.75, 3.05) is 0 Å². The molecule has 5 aromatic rings. The molecule has 0 amide bonds. The summed E-state index contributed by atoms with van der Waals surface area (Å²) in [5, 5.41) is 11.1. The van der Waals surface area contributed by atoms with Crippen LogP contribution in [0.1, 0.15) is 5.56 Å². The van der Waals surface area contributed by atoms with Crippen LogP contribution in [0, 0.1) is 10.1 Å². The molecule has 0 atom stereocenters. The molecule has 0 spiro atoms. The van der Waals surface area contributed by atoms with Gasteiger partial charge in [0, 0.05) is 6.07 Å². The zero-order chi connectivity index (χ0) is 23.2. The van der Waals surface area contributed by atoms with E-state index in [2.05, 4.69) is 4.98 Å². The number of nitrogens with zero attached hydrogens (tertiary/aromatic N) is 3. The smallest absolute Gasteiger partial charge is 0.346 e. The highest BCUT2D eigenvalue weighted by Gasteiger charge is 2.27. The average Bonchev–Trinajstić information content (AvgIpc) is 3.31. The predicted octanol–water partition coefficient (Wildman–Crippen LogP) is 3.13. The Kier molecular flexibility index (Phi) is 4.91. The van der Waals surface area contributed by atoms with Crippen LogP contribution in [0.4, 0.5) is 5.69 Å². The molecule has 2 aromatic heterocycles. The van der Waals surface area contributed by atoms with Gasteiger partial charge in [0.25, 0.3) is 11.2 Å².